The van der Waals surface area contributed by atoms with E-state index in [4.69, 9.17) is 4.74 Å². The fraction of sp³-hybridized carbons (Fsp3) is 0.647. The second kappa shape index (κ2) is 7.59. The molecule has 1 aliphatic carbocycles. The van der Waals surface area contributed by atoms with Gasteiger partial charge in [-0.1, -0.05) is 5.16 Å². The number of carbonyl (C=O) groups is 1. The molecule has 1 saturated carbocycles. The van der Waals surface area contributed by atoms with Crippen molar-refractivity contribution >= 4 is 11.8 Å². The number of rotatable bonds is 3. The summed E-state index contributed by atoms with van der Waals surface area (Å²) in [6.07, 6.45) is 7.80. The molecule has 0 unspecified atom stereocenters. The molecular weight excluding hydrogens is 308 g/mol. The lowest BCUT2D eigenvalue weighted by atomic mass is 9.80. The summed E-state index contributed by atoms with van der Waals surface area (Å²) in [6, 6.07) is 0.121. The van der Waals surface area contributed by atoms with Crippen LogP contribution in [0.1, 0.15) is 52.1 Å². The Hall–Kier alpha value is -2.18. The SMILES string of the molecule is COC(=O)N(C1CCC(/C(=N/O)c2cnccn2)CC1)C(C)(C)C. The summed E-state index contributed by atoms with van der Waals surface area (Å²) in [5.41, 5.74) is 0.870. The molecule has 0 saturated heterocycles. The maximum absolute atomic E-state index is 12.2. The normalized spacial score (nSPS) is 22.1. The van der Waals surface area contributed by atoms with Crippen molar-refractivity contribution in [3.63, 3.8) is 0 Å². The van der Waals surface area contributed by atoms with Crippen molar-refractivity contribution in [3.05, 3.63) is 24.3 Å². The highest BCUT2D eigenvalue weighted by atomic mass is 16.5. The number of methoxy groups -OCH3 is 1. The van der Waals surface area contributed by atoms with Gasteiger partial charge in [0.1, 0.15) is 11.4 Å². The number of carbonyl (C=O) groups excluding carboxylic acids is 1. The molecule has 1 aliphatic rings. The summed E-state index contributed by atoms with van der Waals surface area (Å²) in [4.78, 5) is 22.2. The molecule has 1 heterocycles. The van der Waals surface area contributed by atoms with Gasteiger partial charge < -0.3 is 14.8 Å². The monoisotopic (exact) mass is 334 g/mol. The first-order valence-corrected chi connectivity index (χ1v) is 8.24. The molecule has 2 rings (SSSR count). The zero-order valence-corrected chi connectivity index (χ0v) is 14.8. The van der Waals surface area contributed by atoms with E-state index in [1.807, 2.05) is 25.7 Å². The Kier molecular flexibility index (Phi) is 5.75. The zero-order valence-electron chi connectivity index (χ0n) is 14.8. The minimum Gasteiger partial charge on any atom is -0.453 e. The van der Waals surface area contributed by atoms with Crippen molar-refractivity contribution in [2.75, 3.05) is 7.11 Å². The van der Waals surface area contributed by atoms with Crippen molar-refractivity contribution in [1.82, 2.24) is 14.9 Å². The van der Waals surface area contributed by atoms with E-state index in [9.17, 15) is 10.0 Å². The number of ether oxygens (including phenoxy) is 1. The van der Waals surface area contributed by atoms with E-state index in [0.717, 1.165) is 25.7 Å². The standard InChI is InChI=1S/C17H26N4O3/c1-17(2,3)21(16(22)24-4)13-7-5-12(6-8-13)15(20-23)14-11-18-9-10-19-14/h9-13,23H,5-8H2,1-4H3/b20-15-. The van der Waals surface area contributed by atoms with E-state index in [1.54, 1.807) is 18.6 Å². The fourth-order valence-corrected chi connectivity index (χ4v) is 3.45. The molecule has 7 heteroatoms. The fourth-order valence-electron chi connectivity index (χ4n) is 3.45. The Labute approximate surface area is 142 Å². The Bertz CT molecular complexity index is 575. The summed E-state index contributed by atoms with van der Waals surface area (Å²) in [5.74, 6) is 0.113. The summed E-state index contributed by atoms with van der Waals surface area (Å²) >= 11 is 0. The van der Waals surface area contributed by atoms with Crippen LogP contribution in [0.4, 0.5) is 4.79 Å². The van der Waals surface area contributed by atoms with Crippen LogP contribution in [0.3, 0.4) is 0 Å². The van der Waals surface area contributed by atoms with E-state index >= 15 is 0 Å². The van der Waals surface area contributed by atoms with E-state index < -0.39 is 0 Å². The van der Waals surface area contributed by atoms with Crippen molar-refractivity contribution in [1.29, 1.82) is 0 Å². The van der Waals surface area contributed by atoms with Gasteiger partial charge in [0.05, 0.1) is 13.3 Å². The highest BCUT2D eigenvalue weighted by Gasteiger charge is 2.37. The number of hydrogen-bond donors (Lipinski definition) is 1. The van der Waals surface area contributed by atoms with Crippen LogP contribution in [0.15, 0.2) is 23.7 Å². The molecule has 1 fully saturated rings. The summed E-state index contributed by atoms with van der Waals surface area (Å²) in [6.45, 7) is 6.03. The number of oxime groups is 1. The van der Waals surface area contributed by atoms with Gasteiger partial charge in [0.25, 0.3) is 0 Å². The van der Waals surface area contributed by atoms with E-state index in [2.05, 4.69) is 15.1 Å². The average Bonchev–Trinajstić information content (AvgIpc) is 2.56. The first-order valence-electron chi connectivity index (χ1n) is 8.24. The molecule has 1 N–H and O–H groups in total. The minimum absolute atomic E-state index is 0.113. The lowest BCUT2D eigenvalue weighted by Gasteiger charge is -2.43. The van der Waals surface area contributed by atoms with Crippen LogP contribution in [-0.2, 0) is 4.74 Å². The lowest BCUT2D eigenvalue weighted by molar-refractivity contribution is 0.0425. The first-order chi connectivity index (χ1) is 11.4. The first kappa shape index (κ1) is 18.2. The second-order valence-corrected chi connectivity index (χ2v) is 7.09. The van der Waals surface area contributed by atoms with Gasteiger partial charge in [0, 0.05) is 29.9 Å². The maximum atomic E-state index is 12.2. The summed E-state index contributed by atoms with van der Waals surface area (Å²) < 4.78 is 4.96. The molecule has 0 bridgehead atoms. The highest BCUT2D eigenvalue weighted by Crippen LogP contribution is 2.33. The molecule has 1 amide bonds. The van der Waals surface area contributed by atoms with Crippen molar-refractivity contribution < 1.29 is 14.7 Å². The third kappa shape index (κ3) is 4.01. The quantitative estimate of drug-likeness (QED) is 0.521. The van der Waals surface area contributed by atoms with E-state index in [1.165, 1.54) is 7.11 Å². The molecule has 24 heavy (non-hydrogen) atoms. The van der Waals surface area contributed by atoms with Gasteiger partial charge in [-0.25, -0.2) is 4.79 Å². The van der Waals surface area contributed by atoms with Gasteiger partial charge in [-0.15, -0.1) is 0 Å². The second-order valence-electron chi connectivity index (χ2n) is 7.09. The number of amides is 1. The van der Waals surface area contributed by atoms with Gasteiger partial charge >= 0.3 is 6.09 Å². The van der Waals surface area contributed by atoms with Crippen molar-refractivity contribution in [2.24, 2.45) is 11.1 Å². The van der Waals surface area contributed by atoms with Gasteiger partial charge in [-0.05, 0) is 46.5 Å². The van der Waals surface area contributed by atoms with Crippen molar-refractivity contribution in [2.45, 2.75) is 58.0 Å². The maximum Gasteiger partial charge on any atom is 0.410 e. The van der Waals surface area contributed by atoms with Crippen LogP contribution in [-0.4, -0.2) is 50.6 Å². The topological polar surface area (TPSA) is 87.9 Å². The van der Waals surface area contributed by atoms with Crippen LogP contribution in [0.25, 0.3) is 0 Å². The Morgan fingerprint density at radius 1 is 1.29 bits per heavy atom. The Morgan fingerprint density at radius 2 is 1.96 bits per heavy atom. The smallest absolute Gasteiger partial charge is 0.410 e. The third-order valence-corrected chi connectivity index (χ3v) is 4.48. The average molecular weight is 334 g/mol. The molecule has 0 atom stereocenters. The lowest BCUT2D eigenvalue weighted by Crippen LogP contribution is -2.53. The molecule has 7 nitrogen and oxygen atoms in total. The largest absolute Gasteiger partial charge is 0.453 e. The van der Waals surface area contributed by atoms with Crippen LogP contribution in [0.2, 0.25) is 0 Å². The molecule has 0 radical (unpaired) electrons. The van der Waals surface area contributed by atoms with Crippen LogP contribution < -0.4 is 0 Å². The molecular formula is C17H26N4O3. The molecule has 1 aromatic heterocycles. The van der Waals surface area contributed by atoms with Crippen LogP contribution in [0.5, 0.6) is 0 Å². The van der Waals surface area contributed by atoms with Gasteiger partial charge in [-0.3, -0.25) is 9.97 Å². The molecule has 132 valence electrons. The van der Waals surface area contributed by atoms with Gasteiger partial charge in [-0.2, -0.15) is 0 Å². The summed E-state index contributed by atoms with van der Waals surface area (Å²) in [5, 5.41) is 12.9. The zero-order chi connectivity index (χ0) is 17.7. The summed E-state index contributed by atoms with van der Waals surface area (Å²) in [7, 11) is 1.41. The molecule has 1 aromatic rings. The number of nitrogens with zero attached hydrogens (tertiary/aromatic N) is 4. The Balaban J connectivity index is 2.08. The van der Waals surface area contributed by atoms with Crippen LogP contribution >= 0.6 is 0 Å². The molecule has 0 aromatic carbocycles. The Morgan fingerprint density at radius 3 is 2.42 bits per heavy atom. The van der Waals surface area contributed by atoms with E-state index in [-0.39, 0.29) is 23.6 Å². The molecule has 0 spiro atoms. The predicted molar refractivity (Wildman–Crippen MR) is 90.1 cm³/mol. The molecule has 0 aliphatic heterocycles. The van der Waals surface area contributed by atoms with Gasteiger partial charge in [0.15, 0.2) is 0 Å². The van der Waals surface area contributed by atoms with E-state index in [0.29, 0.717) is 11.4 Å². The number of hydrogen-bond acceptors (Lipinski definition) is 6. The number of aromatic nitrogens is 2. The highest BCUT2D eigenvalue weighted by molar-refractivity contribution is 6.00. The van der Waals surface area contributed by atoms with Gasteiger partial charge in [0.2, 0.25) is 0 Å². The van der Waals surface area contributed by atoms with Crippen LogP contribution in [0, 0.1) is 5.92 Å². The predicted octanol–water partition coefficient (Wildman–Crippen LogP) is 3.08. The third-order valence-electron chi connectivity index (χ3n) is 4.48. The minimum atomic E-state index is -0.302. The van der Waals surface area contributed by atoms with Crippen molar-refractivity contribution in [3.8, 4) is 0 Å².